The van der Waals surface area contributed by atoms with Crippen molar-refractivity contribution in [1.82, 2.24) is 10.3 Å². The highest BCUT2D eigenvalue weighted by Crippen LogP contribution is 2.36. The van der Waals surface area contributed by atoms with Crippen molar-refractivity contribution < 1.29 is 0 Å². The summed E-state index contributed by atoms with van der Waals surface area (Å²) in [7, 11) is 0. The van der Waals surface area contributed by atoms with Crippen LogP contribution >= 0.6 is 0 Å². The van der Waals surface area contributed by atoms with Crippen LogP contribution in [0, 0.1) is 0 Å². The van der Waals surface area contributed by atoms with Gasteiger partial charge in [0.2, 0.25) is 0 Å². The molecule has 0 amide bonds. The average molecular weight is 242 g/mol. The molecule has 0 radical (unpaired) electrons. The SMILES string of the molecule is CC1(C)Cc2c([nH]c3ccccc23)C(C)(C)CN1. The van der Waals surface area contributed by atoms with Crippen molar-refractivity contribution in [3.05, 3.63) is 35.5 Å². The molecule has 0 saturated heterocycles. The Morgan fingerprint density at radius 2 is 1.78 bits per heavy atom. The Morgan fingerprint density at radius 1 is 1.06 bits per heavy atom. The van der Waals surface area contributed by atoms with Crippen LogP contribution in [0.15, 0.2) is 24.3 Å². The van der Waals surface area contributed by atoms with Gasteiger partial charge in [0.25, 0.3) is 0 Å². The first kappa shape index (κ1) is 11.8. The second-order valence-electron chi connectivity index (χ2n) is 6.82. The molecule has 3 rings (SSSR count). The maximum absolute atomic E-state index is 3.69. The van der Waals surface area contributed by atoms with E-state index in [1.807, 2.05) is 0 Å². The van der Waals surface area contributed by atoms with Crippen LogP contribution < -0.4 is 5.32 Å². The summed E-state index contributed by atoms with van der Waals surface area (Å²) in [6, 6.07) is 8.66. The van der Waals surface area contributed by atoms with Crippen LogP contribution in [0.4, 0.5) is 0 Å². The first-order valence-corrected chi connectivity index (χ1v) is 6.74. The number of benzene rings is 1. The zero-order valence-electron chi connectivity index (χ0n) is 11.7. The van der Waals surface area contributed by atoms with E-state index in [4.69, 9.17) is 0 Å². The van der Waals surface area contributed by atoms with Gasteiger partial charge >= 0.3 is 0 Å². The fourth-order valence-corrected chi connectivity index (χ4v) is 3.01. The summed E-state index contributed by atoms with van der Waals surface area (Å²) in [5, 5.41) is 5.08. The van der Waals surface area contributed by atoms with E-state index >= 15 is 0 Å². The van der Waals surface area contributed by atoms with Gasteiger partial charge in [-0.1, -0.05) is 32.0 Å². The van der Waals surface area contributed by atoms with Crippen LogP contribution in [-0.4, -0.2) is 17.1 Å². The second kappa shape index (κ2) is 3.61. The standard InChI is InChI=1S/C16H22N2/c1-15(2)10-17-16(3,4)9-12-11-7-5-6-8-13(11)18-14(12)15/h5-8,17-18H,9-10H2,1-4H3. The van der Waals surface area contributed by atoms with Crippen LogP contribution in [-0.2, 0) is 11.8 Å². The van der Waals surface area contributed by atoms with Crippen molar-refractivity contribution in [2.75, 3.05) is 6.54 Å². The minimum Gasteiger partial charge on any atom is -0.358 e. The monoisotopic (exact) mass is 242 g/mol. The molecule has 2 N–H and O–H groups in total. The molecule has 0 aliphatic carbocycles. The average Bonchev–Trinajstić information content (AvgIpc) is 2.63. The molecule has 1 aromatic heterocycles. The molecule has 1 aromatic carbocycles. The highest BCUT2D eigenvalue weighted by atomic mass is 15.0. The van der Waals surface area contributed by atoms with Crippen LogP contribution in [0.3, 0.4) is 0 Å². The Hall–Kier alpha value is -1.28. The maximum atomic E-state index is 3.69. The molecule has 2 aromatic rings. The van der Waals surface area contributed by atoms with Gasteiger partial charge in [-0.05, 0) is 31.9 Å². The van der Waals surface area contributed by atoms with Crippen molar-refractivity contribution in [2.24, 2.45) is 0 Å². The molecule has 1 aliphatic heterocycles. The molecular formula is C16H22N2. The Labute approximate surface area is 109 Å². The fraction of sp³-hybridized carbons (Fsp3) is 0.500. The van der Waals surface area contributed by atoms with Crippen molar-refractivity contribution in [3.8, 4) is 0 Å². The zero-order valence-corrected chi connectivity index (χ0v) is 11.7. The number of aromatic amines is 1. The summed E-state index contributed by atoms with van der Waals surface area (Å²) < 4.78 is 0. The molecule has 0 bridgehead atoms. The van der Waals surface area contributed by atoms with Crippen LogP contribution in [0.2, 0.25) is 0 Å². The predicted molar refractivity (Wildman–Crippen MR) is 77.1 cm³/mol. The van der Waals surface area contributed by atoms with Gasteiger partial charge in [-0.2, -0.15) is 0 Å². The summed E-state index contributed by atoms with van der Waals surface area (Å²) in [5.74, 6) is 0. The molecule has 0 spiro atoms. The highest BCUT2D eigenvalue weighted by Gasteiger charge is 2.34. The Morgan fingerprint density at radius 3 is 2.56 bits per heavy atom. The molecule has 18 heavy (non-hydrogen) atoms. The molecule has 0 fully saturated rings. The minimum atomic E-state index is 0.155. The van der Waals surface area contributed by atoms with E-state index in [0.717, 1.165) is 13.0 Å². The van der Waals surface area contributed by atoms with Crippen molar-refractivity contribution in [1.29, 1.82) is 0 Å². The number of fused-ring (bicyclic) bond motifs is 3. The molecular weight excluding hydrogens is 220 g/mol. The lowest BCUT2D eigenvalue weighted by Crippen LogP contribution is -2.44. The molecule has 96 valence electrons. The molecule has 2 heterocycles. The van der Waals surface area contributed by atoms with Gasteiger partial charge < -0.3 is 10.3 Å². The van der Waals surface area contributed by atoms with E-state index in [1.165, 1.54) is 22.2 Å². The third-order valence-electron chi connectivity index (χ3n) is 4.12. The van der Waals surface area contributed by atoms with E-state index in [-0.39, 0.29) is 11.0 Å². The second-order valence-corrected chi connectivity index (χ2v) is 6.82. The highest BCUT2D eigenvalue weighted by molar-refractivity contribution is 5.85. The Bertz CT molecular complexity index is 590. The Balaban J connectivity index is 2.28. The number of hydrogen-bond acceptors (Lipinski definition) is 1. The van der Waals surface area contributed by atoms with E-state index < -0.39 is 0 Å². The smallest absolute Gasteiger partial charge is 0.0459 e. The lowest BCUT2D eigenvalue weighted by atomic mass is 9.86. The molecule has 0 atom stereocenters. The predicted octanol–water partition coefficient (Wildman–Crippen LogP) is 3.37. The Kier molecular flexibility index (Phi) is 2.36. The third-order valence-corrected chi connectivity index (χ3v) is 4.12. The topological polar surface area (TPSA) is 27.8 Å². The molecule has 0 unspecified atom stereocenters. The maximum Gasteiger partial charge on any atom is 0.0459 e. The van der Waals surface area contributed by atoms with Gasteiger partial charge in [-0.25, -0.2) is 0 Å². The van der Waals surface area contributed by atoms with Gasteiger partial charge in [-0.3, -0.25) is 0 Å². The number of H-pyrrole nitrogens is 1. The van der Waals surface area contributed by atoms with Crippen molar-refractivity contribution in [2.45, 2.75) is 45.1 Å². The summed E-state index contributed by atoms with van der Waals surface area (Å²) in [4.78, 5) is 3.64. The molecule has 2 nitrogen and oxygen atoms in total. The van der Waals surface area contributed by atoms with E-state index in [2.05, 4.69) is 62.3 Å². The third kappa shape index (κ3) is 1.76. The summed E-state index contributed by atoms with van der Waals surface area (Å²) in [6.45, 7) is 10.2. The van der Waals surface area contributed by atoms with Crippen LogP contribution in [0.1, 0.15) is 39.0 Å². The molecule has 2 heteroatoms. The van der Waals surface area contributed by atoms with Crippen molar-refractivity contribution in [3.63, 3.8) is 0 Å². The van der Waals surface area contributed by atoms with Gasteiger partial charge in [0.05, 0.1) is 0 Å². The van der Waals surface area contributed by atoms with E-state index in [0.29, 0.717) is 0 Å². The number of para-hydroxylation sites is 1. The van der Waals surface area contributed by atoms with Gasteiger partial charge in [0.1, 0.15) is 0 Å². The van der Waals surface area contributed by atoms with Crippen LogP contribution in [0.5, 0.6) is 0 Å². The van der Waals surface area contributed by atoms with Crippen molar-refractivity contribution >= 4 is 10.9 Å². The quantitative estimate of drug-likeness (QED) is 0.728. The number of aromatic nitrogens is 1. The van der Waals surface area contributed by atoms with E-state index in [9.17, 15) is 0 Å². The first-order chi connectivity index (χ1) is 8.39. The lowest BCUT2D eigenvalue weighted by Gasteiger charge is -2.27. The summed E-state index contributed by atoms with van der Waals surface area (Å²) in [5.41, 5.74) is 4.48. The number of nitrogens with one attached hydrogen (secondary N) is 2. The van der Waals surface area contributed by atoms with Gasteiger partial charge in [-0.15, -0.1) is 0 Å². The first-order valence-electron chi connectivity index (χ1n) is 6.74. The fourth-order valence-electron chi connectivity index (χ4n) is 3.01. The van der Waals surface area contributed by atoms with Crippen LogP contribution in [0.25, 0.3) is 10.9 Å². The summed E-state index contributed by atoms with van der Waals surface area (Å²) >= 11 is 0. The molecule has 0 saturated carbocycles. The van der Waals surface area contributed by atoms with Gasteiger partial charge in [0, 0.05) is 34.1 Å². The largest absolute Gasteiger partial charge is 0.358 e. The normalized spacial score (nSPS) is 21.6. The number of rotatable bonds is 0. The summed E-state index contributed by atoms with van der Waals surface area (Å²) in [6.07, 6.45) is 1.08. The van der Waals surface area contributed by atoms with E-state index in [1.54, 1.807) is 0 Å². The zero-order chi connectivity index (χ0) is 13.0. The molecule has 1 aliphatic rings. The minimum absolute atomic E-state index is 0.155. The number of hydrogen-bond donors (Lipinski definition) is 2. The lowest BCUT2D eigenvalue weighted by molar-refractivity contribution is 0.357. The van der Waals surface area contributed by atoms with Gasteiger partial charge in [0.15, 0.2) is 0 Å².